The van der Waals surface area contributed by atoms with Gasteiger partial charge in [-0.05, 0) is 47.4 Å². The lowest BCUT2D eigenvalue weighted by Gasteiger charge is -2.10. The summed E-state index contributed by atoms with van der Waals surface area (Å²) >= 11 is 1.84. The van der Waals surface area contributed by atoms with Crippen molar-refractivity contribution in [3.8, 4) is 22.3 Å². The smallest absolute Gasteiger partial charge is 0.160 e. The average Bonchev–Trinajstić information content (AvgIpc) is 3.48. The van der Waals surface area contributed by atoms with E-state index in [0.29, 0.717) is 11.5 Å². The molecule has 0 amide bonds. The number of amidine groups is 1. The predicted octanol–water partition coefficient (Wildman–Crippen LogP) is 11.3. The summed E-state index contributed by atoms with van der Waals surface area (Å²) in [5.41, 5.74) is 9.47. The molecule has 0 aliphatic heterocycles. The molecular weight excluding hydrogens is 553 g/mol. The first-order chi connectivity index (χ1) is 21.7. The number of rotatable bonds is 6. The fourth-order valence-electron chi connectivity index (χ4n) is 5.64. The van der Waals surface area contributed by atoms with Crippen molar-refractivity contribution in [1.29, 1.82) is 0 Å². The third-order valence-electron chi connectivity index (χ3n) is 7.83. The molecule has 0 bridgehead atoms. The van der Waals surface area contributed by atoms with Gasteiger partial charge in [-0.25, -0.2) is 9.98 Å². The Morgan fingerprint density at radius 2 is 1.16 bits per heavy atom. The van der Waals surface area contributed by atoms with Gasteiger partial charge in [-0.3, -0.25) is 0 Å². The van der Waals surface area contributed by atoms with Gasteiger partial charge < -0.3 is 0 Å². The SMILES string of the molecule is C=C(N=C(N=C(C)c1cccc2sc3c(-c4ccccc4)cc(-c4ccccc4)cc3c12)c1ccccc1)c1ccccc1. The summed E-state index contributed by atoms with van der Waals surface area (Å²) in [6.07, 6.45) is 0. The van der Waals surface area contributed by atoms with Crippen molar-refractivity contribution in [2.75, 3.05) is 0 Å². The average molecular weight is 583 g/mol. The van der Waals surface area contributed by atoms with Crippen LogP contribution in [-0.4, -0.2) is 11.5 Å². The molecule has 210 valence electrons. The number of nitrogens with zero attached hydrogens (tertiary/aromatic N) is 2. The molecule has 0 fully saturated rings. The summed E-state index contributed by atoms with van der Waals surface area (Å²) in [5, 5.41) is 2.46. The molecule has 6 aromatic carbocycles. The van der Waals surface area contributed by atoms with Crippen LogP contribution in [-0.2, 0) is 0 Å². The van der Waals surface area contributed by atoms with Gasteiger partial charge in [0.25, 0.3) is 0 Å². The lowest BCUT2D eigenvalue weighted by Crippen LogP contribution is -2.04. The standard InChI is InChI=1S/C41H30N2S/c1-28(30-16-7-3-8-17-30)42-41(33-22-13-6-14-23-33)43-29(2)35-24-15-25-38-39(35)37-27-34(31-18-9-4-10-19-31)26-36(40(37)44-38)32-20-11-5-12-21-32/h3-27H,1H2,2H3. The van der Waals surface area contributed by atoms with E-state index in [4.69, 9.17) is 9.98 Å². The molecule has 7 aromatic rings. The first-order valence-corrected chi connectivity index (χ1v) is 15.5. The minimum absolute atomic E-state index is 0.642. The molecule has 0 spiro atoms. The Bertz CT molecular complexity index is 2160. The Hall–Kier alpha value is -5.38. The highest BCUT2D eigenvalue weighted by Crippen LogP contribution is 2.44. The Morgan fingerprint density at radius 1 is 0.568 bits per heavy atom. The van der Waals surface area contributed by atoms with Gasteiger partial charge in [0.2, 0.25) is 0 Å². The summed E-state index contributed by atoms with van der Waals surface area (Å²) in [6.45, 7) is 6.36. The van der Waals surface area contributed by atoms with Crippen molar-refractivity contribution in [2.24, 2.45) is 9.98 Å². The number of fused-ring (bicyclic) bond motifs is 3. The van der Waals surface area contributed by atoms with Gasteiger partial charge in [0.05, 0.1) is 5.70 Å². The van der Waals surface area contributed by atoms with Crippen LogP contribution in [0.3, 0.4) is 0 Å². The molecule has 0 aliphatic carbocycles. The zero-order valence-electron chi connectivity index (χ0n) is 24.4. The summed E-state index contributed by atoms with van der Waals surface area (Å²) in [5.74, 6) is 0.642. The Morgan fingerprint density at radius 3 is 1.82 bits per heavy atom. The van der Waals surface area contributed by atoms with Gasteiger partial charge in [0, 0.05) is 42.6 Å². The van der Waals surface area contributed by atoms with Crippen LogP contribution in [0.25, 0.3) is 48.1 Å². The summed E-state index contributed by atoms with van der Waals surface area (Å²) in [4.78, 5) is 10.1. The molecule has 0 atom stereocenters. The molecular formula is C41H30N2S. The number of hydrogen-bond acceptors (Lipinski definition) is 2. The Kier molecular flexibility index (Phi) is 7.54. The van der Waals surface area contributed by atoms with Crippen molar-refractivity contribution >= 4 is 48.8 Å². The van der Waals surface area contributed by atoms with Crippen molar-refractivity contribution in [1.82, 2.24) is 0 Å². The number of aliphatic imine (C=N–C) groups is 2. The topological polar surface area (TPSA) is 24.7 Å². The molecule has 2 nitrogen and oxygen atoms in total. The van der Waals surface area contributed by atoms with Gasteiger partial charge in [0.15, 0.2) is 5.84 Å². The van der Waals surface area contributed by atoms with E-state index in [0.717, 1.165) is 22.4 Å². The van der Waals surface area contributed by atoms with Crippen LogP contribution in [0.15, 0.2) is 168 Å². The van der Waals surface area contributed by atoms with E-state index in [1.54, 1.807) is 0 Å². The zero-order valence-corrected chi connectivity index (χ0v) is 25.3. The van der Waals surface area contributed by atoms with E-state index in [-0.39, 0.29) is 0 Å². The molecule has 0 N–H and O–H groups in total. The second-order valence-electron chi connectivity index (χ2n) is 10.7. The second-order valence-corrected chi connectivity index (χ2v) is 11.8. The first kappa shape index (κ1) is 27.5. The van der Waals surface area contributed by atoms with Gasteiger partial charge >= 0.3 is 0 Å². The van der Waals surface area contributed by atoms with Crippen molar-refractivity contribution in [3.05, 3.63) is 175 Å². The molecule has 0 saturated heterocycles. The van der Waals surface area contributed by atoms with Gasteiger partial charge in [-0.1, -0.05) is 140 Å². The molecule has 44 heavy (non-hydrogen) atoms. The maximum Gasteiger partial charge on any atom is 0.160 e. The summed E-state index contributed by atoms with van der Waals surface area (Å²) in [7, 11) is 0. The molecule has 3 heteroatoms. The highest BCUT2D eigenvalue weighted by atomic mass is 32.1. The Labute approximate surface area is 262 Å². The largest absolute Gasteiger partial charge is 0.233 e. The molecule has 0 unspecified atom stereocenters. The molecule has 7 rings (SSSR count). The van der Waals surface area contributed by atoms with Gasteiger partial charge in [0.1, 0.15) is 0 Å². The molecule has 0 aliphatic rings. The van der Waals surface area contributed by atoms with Crippen LogP contribution in [0, 0.1) is 0 Å². The molecule has 0 saturated carbocycles. The van der Waals surface area contributed by atoms with Crippen molar-refractivity contribution in [3.63, 3.8) is 0 Å². The molecule has 0 radical (unpaired) electrons. The van der Waals surface area contributed by atoms with Crippen LogP contribution >= 0.6 is 11.3 Å². The van der Waals surface area contributed by atoms with Crippen molar-refractivity contribution < 1.29 is 0 Å². The monoisotopic (exact) mass is 582 g/mol. The fourth-order valence-corrected chi connectivity index (χ4v) is 6.89. The minimum Gasteiger partial charge on any atom is -0.233 e. The maximum atomic E-state index is 5.19. The third-order valence-corrected chi connectivity index (χ3v) is 9.04. The summed E-state index contributed by atoms with van der Waals surface area (Å²) in [6, 6.07) is 52.7. The van der Waals surface area contributed by atoms with E-state index in [1.807, 2.05) is 72.0 Å². The van der Waals surface area contributed by atoms with Crippen LogP contribution in [0.2, 0.25) is 0 Å². The summed E-state index contributed by atoms with van der Waals surface area (Å²) < 4.78 is 2.52. The normalized spacial score (nSPS) is 12.1. The number of thiophene rings is 1. The van der Waals surface area contributed by atoms with Crippen LogP contribution in [0.5, 0.6) is 0 Å². The van der Waals surface area contributed by atoms with E-state index in [2.05, 4.69) is 104 Å². The quantitative estimate of drug-likeness (QED) is 0.138. The van der Waals surface area contributed by atoms with Gasteiger partial charge in [-0.15, -0.1) is 11.3 Å². The van der Waals surface area contributed by atoms with Gasteiger partial charge in [-0.2, -0.15) is 0 Å². The van der Waals surface area contributed by atoms with Crippen molar-refractivity contribution in [2.45, 2.75) is 6.92 Å². The van der Waals surface area contributed by atoms with Crippen LogP contribution in [0.4, 0.5) is 0 Å². The molecule has 1 heterocycles. The number of benzene rings is 6. The molecule has 1 aromatic heterocycles. The fraction of sp³-hybridized carbons (Fsp3) is 0.0244. The zero-order chi connectivity index (χ0) is 29.9. The third kappa shape index (κ3) is 5.42. The van der Waals surface area contributed by atoms with Crippen LogP contribution < -0.4 is 0 Å². The maximum absolute atomic E-state index is 5.19. The second kappa shape index (κ2) is 12.1. The predicted molar refractivity (Wildman–Crippen MR) is 191 cm³/mol. The highest BCUT2D eigenvalue weighted by molar-refractivity contribution is 7.26. The van der Waals surface area contributed by atoms with E-state index >= 15 is 0 Å². The highest BCUT2D eigenvalue weighted by Gasteiger charge is 2.17. The Balaban J connectivity index is 1.44. The lowest BCUT2D eigenvalue weighted by atomic mass is 9.94. The number of hydrogen-bond donors (Lipinski definition) is 0. The van der Waals surface area contributed by atoms with Crippen LogP contribution in [0.1, 0.15) is 23.6 Å². The van der Waals surface area contributed by atoms with E-state index in [9.17, 15) is 0 Å². The lowest BCUT2D eigenvalue weighted by molar-refractivity contribution is 1.44. The van der Waals surface area contributed by atoms with E-state index in [1.165, 1.54) is 42.4 Å². The first-order valence-electron chi connectivity index (χ1n) is 14.7. The van der Waals surface area contributed by atoms with E-state index < -0.39 is 0 Å². The minimum atomic E-state index is 0.642.